The normalized spacial score (nSPS) is 12.4. The van der Waals surface area contributed by atoms with Gasteiger partial charge in [0.15, 0.2) is 0 Å². The van der Waals surface area contributed by atoms with Gasteiger partial charge in [-0.3, -0.25) is 0 Å². The number of nitriles is 1. The summed E-state index contributed by atoms with van der Waals surface area (Å²) in [6.45, 7) is 0. The average Bonchev–Trinajstić information content (AvgIpc) is 4.34. The van der Waals surface area contributed by atoms with E-state index in [0.717, 1.165) is 105 Å². The topological polar surface area (TPSA) is 43.5 Å². The maximum absolute atomic E-state index is 15.3. The van der Waals surface area contributed by atoms with Crippen LogP contribution in [0.4, 0.5) is 26.3 Å². The summed E-state index contributed by atoms with van der Waals surface area (Å²) in [6, 6.07) is 75.8. The quantitative estimate of drug-likeness (QED) is 0.153. The molecule has 382 valence electrons. The van der Waals surface area contributed by atoms with Crippen LogP contribution in [-0.2, 0) is 12.4 Å². The fourth-order valence-corrected chi connectivity index (χ4v) is 12.6. The second-order valence-corrected chi connectivity index (χ2v) is 20.1. The van der Waals surface area contributed by atoms with E-state index >= 15 is 13.2 Å². The molecule has 0 unspecified atom stereocenters. The van der Waals surface area contributed by atoms with Crippen LogP contribution in [0, 0.1) is 11.3 Å². The number of hydrogen-bond acceptors (Lipinski definition) is 1. The Balaban J connectivity index is 1.08. The second kappa shape index (κ2) is 17.3. The molecule has 0 spiro atoms. The molecule has 4 aromatic heterocycles. The SMILES string of the molecule is N#Cc1ccc(-c2ccc(-c3ccc(C(F)(F)F)cc3C(F)(F)F)cc2-n2c3ccccc3c3c2ccc2c4ccccc4n(-c4ccccc4)c23)c(-n2c3ccccc3c3c2ccc2c4ccccc4n(-c4ccccc4)c23)c1. The third kappa shape index (κ3) is 6.91. The van der Waals surface area contributed by atoms with Crippen LogP contribution in [0.3, 0.4) is 0 Å². The van der Waals surface area contributed by atoms with Gasteiger partial charge in [-0.1, -0.05) is 146 Å². The van der Waals surface area contributed by atoms with E-state index in [1.165, 1.54) is 0 Å². The molecule has 0 fully saturated rings. The Kier molecular flexibility index (Phi) is 10.2. The van der Waals surface area contributed by atoms with E-state index in [-0.39, 0.29) is 11.6 Å². The lowest BCUT2D eigenvalue weighted by molar-refractivity contribution is -0.142. The maximum Gasteiger partial charge on any atom is 0.417 e. The highest BCUT2D eigenvalue weighted by molar-refractivity contribution is 6.28. The van der Waals surface area contributed by atoms with Crippen LogP contribution in [0.15, 0.2) is 237 Å². The van der Waals surface area contributed by atoms with E-state index in [0.29, 0.717) is 34.1 Å². The van der Waals surface area contributed by atoms with Gasteiger partial charge in [0.2, 0.25) is 0 Å². The lowest BCUT2D eigenvalue weighted by Crippen LogP contribution is -2.12. The largest absolute Gasteiger partial charge is 0.417 e. The molecule has 0 bridgehead atoms. The highest BCUT2D eigenvalue weighted by Crippen LogP contribution is 2.49. The molecule has 0 aliphatic rings. The Labute approximate surface area is 451 Å². The van der Waals surface area contributed by atoms with Gasteiger partial charge in [0.05, 0.1) is 78.3 Å². The van der Waals surface area contributed by atoms with Gasteiger partial charge in [0.1, 0.15) is 0 Å². The molecule has 4 heterocycles. The Bertz CT molecular complexity index is 5110. The minimum atomic E-state index is -5.15. The van der Waals surface area contributed by atoms with E-state index < -0.39 is 29.0 Å². The van der Waals surface area contributed by atoms with E-state index in [4.69, 9.17) is 0 Å². The molecule has 0 aliphatic heterocycles. The Morgan fingerprint density at radius 1 is 0.325 bits per heavy atom. The van der Waals surface area contributed by atoms with Crippen molar-refractivity contribution < 1.29 is 26.3 Å². The molecule has 0 saturated heterocycles. The van der Waals surface area contributed by atoms with Gasteiger partial charge in [-0.25, -0.2) is 0 Å². The van der Waals surface area contributed by atoms with Crippen molar-refractivity contribution in [2.45, 2.75) is 12.4 Å². The summed E-state index contributed by atoms with van der Waals surface area (Å²) < 4.78 is 97.2. The molecule has 0 radical (unpaired) electrons. The predicted molar refractivity (Wildman–Crippen MR) is 309 cm³/mol. The lowest BCUT2D eigenvalue weighted by atomic mass is 9.92. The molecular formula is C69H39F6N5. The third-order valence-electron chi connectivity index (χ3n) is 15.8. The zero-order chi connectivity index (χ0) is 54.2. The molecule has 80 heavy (non-hydrogen) atoms. The van der Waals surface area contributed by atoms with E-state index in [1.807, 2.05) is 115 Å². The van der Waals surface area contributed by atoms with Crippen molar-refractivity contribution in [3.63, 3.8) is 0 Å². The Hall–Kier alpha value is -10.3. The summed E-state index contributed by atoms with van der Waals surface area (Å²) in [6.07, 6.45) is -10.2. The van der Waals surface area contributed by atoms with Crippen LogP contribution in [0.1, 0.15) is 16.7 Å². The molecule has 11 heteroatoms. The summed E-state index contributed by atoms with van der Waals surface area (Å²) in [5, 5.41) is 18.6. The van der Waals surface area contributed by atoms with Gasteiger partial charge in [-0.2, -0.15) is 31.6 Å². The second-order valence-electron chi connectivity index (χ2n) is 20.1. The van der Waals surface area contributed by atoms with Crippen LogP contribution in [0.25, 0.3) is 132 Å². The van der Waals surface area contributed by atoms with Crippen molar-refractivity contribution in [3.8, 4) is 51.1 Å². The van der Waals surface area contributed by atoms with E-state index in [2.05, 4.69) is 103 Å². The molecular weight excluding hydrogens is 1010 g/mol. The van der Waals surface area contributed by atoms with Crippen molar-refractivity contribution in [1.82, 2.24) is 18.3 Å². The van der Waals surface area contributed by atoms with Gasteiger partial charge >= 0.3 is 12.4 Å². The average molecular weight is 1050 g/mol. The number of benzene rings is 11. The number of hydrogen-bond donors (Lipinski definition) is 0. The van der Waals surface area contributed by atoms with Gasteiger partial charge in [-0.15, -0.1) is 0 Å². The van der Waals surface area contributed by atoms with Gasteiger partial charge < -0.3 is 18.3 Å². The molecule has 11 aromatic carbocycles. The van der Waals surface area contributed by atoms with E-state index in [1.54, 1.807) is 24.3 Å². The van der Waals surface area contributed by atoms with Crippen LogP contribution >= 0.6 is 0 Å². The molecule has 0 atom stereocenters. The molecule has 0 saturated carbocycles. The fraction of sp³-hybridized carbons (Fsp3) is 0.0290. The van der Waals surface area contributed by atoms with Gasteiger partial charge in [0.25, 0.3) is 0 Å². The summed E-state index contributed by atoms with van der Waals surface area (Å²) in [7, 11) is 0. The summed E-state index contributed by atoms with van der Waals surface area (Å²) in [4.78, 5) is 0. The summed E-state index contributed by atoms with van der Waals surface area (Å²) >= 11 is 0. The number of halogens is 6. The number of nitrogens with zero attached hydrogens (tertiary/aromatic N) is 5. The van der Waals surface area contributed by atoms with Crippen molar-refractivity contribution >= 4 is 87.2 Å². The number of rotatable bonds is 6. The molecule has 0 amide bonds. The Morgan fingerprint density at radius 2 is 0.750 bits per heavy atom. The first-order valence-electron chi connectivity index (χ1n) is 26.0. The molecule has 0 N–H and O–H groups in total. The van der Waals surface area contributed by atoms with Crippen molar-refractivity contribution in [1.29, 1.82) is 5.26 Å². The number of alkyl halides is 6. The maximum atomic E-state index is 15.3. The third-order valence-corrected chi connectivity index (χ3v) is 15.8. The zero-order valence-corrected chi connectivity index (χ0v) is 42.0. The fourth-order valence-electron chi connectivity index (χ4n) is 12.6. The highest BCUT2D eigenvalue weighted by atomic mass is 19.4. The van der Waals surface area contributed by atoms with Gasteiger partial charge in [-0.05, 0) is 102 Å². The lowest BCUT2D eigenvalue weighted by Gasteiger charge is -2.21. The number of aromatic nitrogens is 4. The zero-order valence-electron chi connectivity index (χ0n) is 42.0. The Morgan fingerprint density at radius 3 is 1.23 bits per heavy atom. The van der Waals surface area contributed by atoms with Crippen LogP contribution in [0.5, 0.6) is 0 Å². The first-order chi connectivity index (χ1) is 39.0. The summed E-state index contributed by atoms with van der Waals surface area (Å²) in [5.41, 5.74) is 8.55. The van der Waals surface area contributed by atoms with Crippen LogP contribution < -0.4 is 0 Å². The monoisotopic (exact) mass is 1050 g/mol. The molecule has 0 aliphatic carbocycles. The first-order valence-corrected chi connectivity index (χ1v) is 26.0. The highest BCUT2D eigenvalue weighted by Gasteiger charge is 2.39. The van der Waals surface area contributed by atoms with Crippen molar-refractivity contribution in [3.05, 3.63) is 253 Å². The standard InChI is InChI=1S/C69H39F6N5/c70-68(71,72)43-29-32-46(55(39-43)69(73,74)75)42-28-31-50(63(38-42)80-59-26-14-10-22-54(59)65-61(80)36-34-52-48-20-8-12-24-57(48)78(67(52)65)45-17-5-2-6-18-45)49-30-27-41(40-76)37-62(49)79-58-25-13-9-21-53(58)64-60(79)35-33-51-47-19-7-11-23-56(47)77(66(51)64)44-15-3-1-4-16-44/h1-39H. The van der Waals surface area contributed by atoms with Crippen molar-refractivity contribution in [2.24, 2.45) is 0 Å². The number of fused-ring (bicyclic) bond motifs is 14. The predicted octanol–water partition coefficient (Wildman–Crippen LogP) is 19.3. The summed E-state index contributed by atoms with van der Waals surface area (Å²) in [5.74, 6) is 0. The number of para-hydroxylation sites is 6. The van der Waals surface area contributed by atoms with Gasteiger partial charge in [0, 0.05) is 65.6 Å². The minimum absolute atomic E-state index is 0.0541. The molecule has 15 rings (SSSR count). The molecule has 15 aromatic rings. The van der Waals surface area contributed by atoms with Crippen LogP contribution in [-0.4, -0.2) is 18.3 Å². The van der Waals surface area contributed by atoms with Crippen molar-refractivity contribution in [2.75, 3.05) is 0 Å². The first kappa shape index (κ1) is 46.9. The minimum Gasteiger partial charge on any atom is -0.309 e. The smallest absolute Gasteiger partial charge is 0.309 e. The van der Waals surface area contributed by atoms with Crippen LogP contribution in [0.2, 0.25) is 0 Å². The van der Waals surface area contributed by atoms with E-state index in [9.17, 15) is 18.4 Å². The molecule has 5 nitrogen and oxygen atoms in total.